The number of ether oxygens (including phenoxy) is 1. The summed E-state index contributed by atoms with van der Waals surface area (Å²) in [4.78, 5) is 22.4. The quantitative estimate of drug-likeness (QED) is 0.581. The van der Waals surface area contributed by atoms with E-state index in [1.54, 1.807) is 12.1 Å². The van der Waals surface area contributed by atoms with Crippen molar-refractivity contribution in [1.82, 2.24) is 5.43 Å². The molecule has 0 bridgehead atoms. The van der Waals surface area contributed by atoms with Crippen molar-refractivity contribution in [3.05, 3.63) is 65.2 Å². The molecule has 0 saturated heterocycles. The minimum atomic E-state index is -1.24. The maximum atomic E-state index is 11.7. The van der Waals surface area contributed by atoms with E-state index in [1.807, 2.05) is 24.3 Å². The zero-order valence-corrected chi connectivity index (χ0v) is 14.8. The lowest BCUT2D eigenvalue weighted by Crippen LogP contribution is -2.24. The Labute approximate surface area is 152 Å². The average molecular weight is 353 g/mol. The van der Waals surface area contributed by atoms with Crippen LogP contribution in [-0.4, -0.2) is 24.7 Å². The molecule has 6 heteroatoms. The molecule has 0 spiro atoms. The molecule has 26 heavy (non-hydrogen) atoms. The van der Waals surface area contributed by atoms with Crippen LogP contribution in [0.5, 0.6) is 5.75 Å². The summed E-state index contributed by atoms with van der Waals surface area (Å²) in [5, 5.41) is 14.5. The van der Waals surface area contributed by atoms with E-state index in [-0.39, 0.29) is 12.2 Å². The summed E-state index contributed by atoms with van der Waals surface area (Å²) >= 11 is 0. The number of amides is 1. The molecule has 0 radical (unpaired) electrons. The molecule has 0 aliphatic rings. The van der Waals surface area contributed by atoms with Gasteiger partial charge in [0.2, 0.25) is 0 Å². The zero-order valence-electron chi connectivity index (χ0n) is 14.8. The second-order valence-electron chi connectivity index (χ2n) is 5.87. The summed E-state index contributed by atoms with van der Waals surface area (Å²) in [6.45, 7) is 4.15. The number of nitrogens with zero attached hydrogens (tertiary/aromatic N) is 1. The van der Waals surface area contributed by atoms with Crippen LogP contribution in [0.25, 0.3) is 0 Å². The van der Waals surface area contributed by atoms with Gasteiger partial charge in [0.15, 0.2) is 6.61 Å². The van der Waals surface area contributed by atoms with Gasteiger partial charge in [-0.2, -0.15) is 5.10 Å². The molecule has 0 aliphatic carbocycles. The SMILES string of the molecule is CC[C@@H](C)c1ccc(OCC(=O)N/N=C\c2ccc(C(=O)[O-])cc2)cc1. The molecule has 2 aromatic carbocycles. The summed E-state index contributed by atoms with van der Waals surface area (Å²) < 4.78 is 5.42. The van der Waals surface area contributed by atoms with Crippen LogP contribution in [0.2, 0.25) is 0 Å². The number of hydrazone groups is 1. The van der Waals surface area contributed by atoms with Crippen molar-refractivity contribution in [2.45, 2.75) is 26.2 Å². The highest BCUT2D eigenvalue weighted by Gasteiger charge is 2.04. The van der Waals surface area contributed by atoms with Gasteiger partial charge in [-0.15, -0.1) is 0 Å². The van der Waals surface area contributed by atoms with Crippen molar-refractivity contribution < 1.29 is 19.4 Å². The number of nitrogens with one attached hydrogen (secondary N) is 1. The van der Waals surface area contributed by atoms with Crippen molar-refractivity contribution in [2.75, 3.05) is 6.61 Å². The van der Waals surface area contributed by atoms with Gasteiger partial charge in [-0.25, -0.2) is 5.43 Å². The largest absolute Gasteiger partial charge is 0.545 e. The van der Waals surface area contributed by atoms with E-state index in [1.165, 1.54) is 23.9 Å². The summed E-state index contributed by atoms with van der Waals surface area (Å²) in [6, 6.07) is 13.6. The van der Waals surface area contributed by atoms with Gasteiger partial charge in [-0.05, 0) is 41.2 Å². The number of carboxylic acid groups (broad SMARTS) is 1. The standard InChI is InChI=1S/C20H22N2O4/c1-3-14(2)16-8-10-18(11-9-16)26-13-19(23)22-21-12-15-4-6-17(7-5-15)20(24)25/h4-12,14H,3,13H2,1-2H3,(H,22,23)(H,24,25)/p-1/b21-12-/t14-/m1/s1. The van der Waals surface area contributed by atoms with Crippen LogP contribution in [0, 0.1) is 0 Å². The molecule has 1 amide bonds. The average Bonchev–Trinajstić information content (AvgIpc) is 2.66. The van der Waals surface area contributed by atoms with Gasteiger partial charge < -0.3 is 14.6 Å². The maximum Gasteiger partial charge on any atom is 0.277 e. The van der Waals surface area contributed by atoms with Gasteiger partial charge in [-0.3, -0.25) is 4.79 Å². The number of benzene rings is 2. The normalized spacial score (nSPS) is 11.9. The van der Waals surface area contributed by atoms with Crippen LogP contribution in [0.1, 0.15) is 47.7 Å². The predicted molar refractivity (Wildman–Crippen MR) is 97.2 cm³/mol. The molecule has 0 aliphatic heterocycles. The fourth-order valence-corrected chi connectivity index (χ4v) is 2.19. The smallest absolute Gasteiger partial charge is 0.277 e. The molecule has 0 aromatic heterocycles. The van der Waals surface area contributed by atoms with Gasteiger partial charge >= 0.3 is 0 Å². The van der Waals surface area contributed by atoms with E-state index in [9.17, 15) is 14.7 Å². The maximum absolute atomic E-state index is 11.7. The van der Waals surface area contributed by atoms with Crippen LogP contribution in [0.15, 0.2) is 53.6 Å². The molecule has 0 fully saturated rings. The monoisotopic (exact) mass is 353 g/mol. The number of aromatic carboxylic acids is 1. The fourth-order valence-electron chi connectivity index (χ4n) is 2.19. The second-order valence-corrected chi connectivity index (χ2v) is 5.87. The van der Waals surface area contributed by atoms with E-state index < -0.39 is 11.9 Å². The third-order valence-electron chi connectivity index (χ3n) is 3.98. The molecule has 0 saturated carbocycles. The Hall–Kier alpha value is -3.15. The first-order valence-electron chi connectivity index (χ1n) is 8.35. The number of hydrogen-bond donors (Lipinski definition) is 1. The Bertz CT molecular complexity index is 767. The van der Waals surface area contributed by atoms with Gasteiger partial charge in [-0.1, -0.05) is 50.2 Å². The van der Waals surface area contributed by atoms with Crippen molar-refractivity contribution in [1.29, 1.82) is 0 Å². The van der Waals surface area contributed by atoms with E-state index in [4.69, 9.17) is 4.74 Å². The topological polar surface area (TPSA) is 90.8 Å². The molecule has 136 valence electrons. The lowest BCUT2D eigenvalue weighted by molar-refractivity contribution is -0.255. The Morgan fingerprint density at radius 3 is 2.38 bits per heavy atom. The highest BCUT2D eigenvalue weighted by atomic mass is 16.5. The first kappa shape index (κ1) is 19.2. The van der Waals surface area contributed by atoms with Crippen LogP contribution in [0.3, 0.4) is 0 Å². The molecule has 2 rings (SSSR count). The van der Waals surface area contributed by atoms with E-state index in [0.29, 0.717) is 17.2 Å². The zero-order chi connectivity index (χ0) is 18.9. The van der Waals surface area contributed by atoms with E-state index in [0.717, 1.165) is 6.42 Å². The third kappa shape index (κ3) is 5.73. The minimum Gasteiger partial charge on any atom is -0.545 e. The molecule has 6 nitrogen and oxygen atoms in total. The third-order valence-corrected chi connectivity index (χ3v) is 3.98. The van der Waals surface area contributed by atoms with Crippen LogP contribution >= 0.6 is 0 Å². The number of carbonyl (C=O) groups excluding carboxylic acids is 2. The van der Waals surface area contributed by atoms with Crippen LogP contribution < -0.4 is 15.3 Å². The Morgan fingerprint density at radius 1 is 1.15 bits per heavy atom. The second kappa shape index (κ2) is 9.36. The molecule has 1 atom stereocenters. The highest BCUT2D eigenvalue weighted by molar-refractivity contribution is 5.88. The summed E-state index contributed by atoms with van der Waals surface area (Å²) in [6.07, 6.45) is 2.48. The molecule has 0 heterocycles. The van der Waals surface area contributed by atoms with Crippen molar-refractivity contribution in [3.63, 3.8) is 0 Å². The molecule has 2 aromatic rings. The summed E-state index contributed by atoms with van der Waals surface area (Å²) in [5.74, 6) is -0.522. The Kier molecular flexibility index (Phi) is 6.91. The first-order chi connectivity index (χ1) is 12.5. The van der Waals surface area contributed by atoms with E-state index in [2.05, 4.69) is 24.4 Å². The number of carboxylic acids is 1. The number of rotatable bonds is 8. The van der Waals surface area contributed by atoms with E-state index >= 15 is 0 Å². The molecular weight excluding hydrogens is 332 g/mol. The summed E-state index contributed by atoms with van der Waals surface area (Å²) in [7, 11) is 0. The Morgan fingerprint density at radius 2 is 1.81 bits per heavy atom. The van der Waals surface area contributed by atoms with Crippen molar-refractivity contribution >= 4 is 18.1 Å². The Balaban J connectivity index is 1.78. The first-order valence-corrected chi connectivity index (χ1v) is 8.35. The highest BCUT2D eigenvalue weighted by Crippen LogP contribution is 2.21. The van der Waals surface area contributed by atoms with Gasteiger partial charge in [0.25, 0.3) is 5.91 Å². The minimum absolute atomic E-state index is 0.0823. The number of carbonyl (C=O) groups is 2. The van der Waals surface area contributed by atoms with Crippen molar-refractivity contribution in [3.8, 4) is 5.75 Å². The van der Waals surface area contributed by atoms with Crippen LogP contribution in [-0.2, 0) is 4.79 Å². The molecule has 0 unspecified atom stereocenters. The number of hydrogen-bond acceptors (Lipinski definition) is 5. The van der Waals surface area contributed by atoms with Gasteiger partial charge in [0.05, 0.1) is 12.2 Å². The molecule has 1 N–H and O–H groups in total. The summed E-state index contributed by atoms with van der Waals surface area (Å²) in [5.41, 5.74) is 4.32. The van der Waals surface area contributed by atoms with Gasteiger partial charge in [0, 0.05) is 0 Å². The molecular formula is C20H21N2O4-. The lowest BCUT2D eigenvalue weighted by atomic mass is 9.99. The fraction of sp³-hybridized carbons (Fsp3) is 0.250. The van der Waals surface area contributed by atoms with Crippen LogP contribution in [0.4, 0.5) is 0 Å². The van der Waals surface area contributed by atoms with Crippen molar-refractivity contribution in [2.24, 2.45) is 5.10 Å². The van der Waals surface area contributed by atoms with Gasteiger partial charge in [0.1, 0.15) is 5.75 Å². The predicted octanol–water partition coefficient (Wildman–Crippen LogP) is 2.09. The lowest BCUT2D eigenvalue weighted by Gasteiger charge is -2.10.